The van der Waals surface area contributed by atoms with Crippen molar-refractivity contribution in [1.29, 1.82) is 0 Å². The average Bonchev–Trinajstić information content (AvgIpc) is 2.52. The van der Waals surface area contributed by atoms with Crippen LogP contribution >= 0.6 is 11.6 Å². The number of alkyl halides is 3. The monoisotopic (exact) mass is 356 g/mol. The van der Waals surface area contributed by atoms with Crippen LogP contribution in [-0.2, 0) is 0 Å². The van der Waals surface area contributed by atoms with E-state index in [2.05, 4.69) is 15.0 Å². The third-order valence-electron chi connectivity index (χ3n) is 3.14. The highest BCUT2D eigenvalue weighted by Gasteiger charge is 2.31. The highest BCUT2D eigenvalue weighted by molar-refractivity contribution is 6.44. The molecule has 7 heteroatoms. The predicted molar refractivity (Wildman–Crippen MR) is 89.6 cm³/mol. The van der Waals surface area contributed by atoms with Crippen LogP contribution in [0.4, 0.5) is 24.7 Å². The second-order valence-electron chi connectivity index (χ2n) is 4.88. The second-order valence-corrected chi connectivity index (χ2v) is 5.34. The number of nitrogens with one attached hydrogen (secondary N) is 1. The van der Waals surface area contributed by atoms with Gasteiger partial charge < -0.3 is 10.1 Å². The number of pyridine rings is 1. The zero-order chi connectivity index (χ0) is 17.7. The third kappa shape index (κ3) is 4.89. The van der Waals surface area contributed by atoms with Crippen LogP contribution in [0.25, 0.3) is 11.1 Å². The molecule has 0 saturated heterocycles. The molecule has 0 fully saturated rings. The normalized spacial score (nSPS) is 13.7. The molecule has 24 heavy (non-hydrogen) atoms. The van der Waals surface area contributed by atoms with Crippen LogP contribution in [0.3, 0.4) is 0 Å². The van der Waals surface area contributed by atoms with E-state index in [4.69, 9.17) is 11.6 Å². The highest BCUT2D eigenvalue weighted by atomic mass is 35.5. The number of nitrogens with zero attached hydrogens (tertiary/aromatic N) is 1. The van der Waals surface area contributed by atoms with Gasteiger partial charge in [0, 0.05) is 16.8 Å². The smallest absolute Gasteiger partial charge is 0.406 e. The zero-order valence-electron chi connectivity index (χ0n) is 13.1. The zero-order valence-corrected chi connectivity index (χ0v) is 13.9. The van der Waals surface area contributed by atoms with Crippen molar-refractivity contribution in [1.82, 2.24) is 4.98 Å². The lowest BCUT2D eigenvalue weighted by Gasteiger charge is -2.11. The number of anilines is 2. The van der Waals surface area contributed by atoms with Gasteiger partial charge in [0.1, 0.15) is 11.6 Å². The molecule has 0 aliphatic rings. The van der Waals surface area contributed by atoms with Crippen LogP contribution in [-0.4, -0.2) is 11.3 Å². The van der Waals surface area contributed by atoms with Gasteiger partial charge in [0.15, 0.2) is 0 Å². The van der Waals surface area contributed by atoms with Gasteiger partial charge in [-0.1, -0.05) is 30.7 Å². The van der Waals surface area contributed by atoms with Crippen molar-refractivity contribution in [3.8, 4) is 5.75 Å². The van der Waals surface area contributed by atoms with Gasteiger partial charge in [-0.25, -0.2) is 4.98 Å². The summed E-state index contributed by atoms with van der Waals surface area (Å²) in [5.74, 6) is 0.177. The number of hydrogen-bond acceptors (Lipinski definition) is 3. The maximum absolute atomic E-state index is 12.3. The largest absolute Gasteiger partial charge is 0.573 e. The van der Waals surface area contributed by atoms with Crippen LogP contribution in [0, 0.1) is 0 Å². The topological polar surface area (TPSA) is 34.1 Å². The summed E-state index contributed by atoms with van der Waals surface area (Å²) >= 11 is 6.21. The molecular weight excluding hydrogens is 341 g/mol. The fraction of sp³-hybridized carbons (Fsp3) is 0.235. The predicted octanol–water partition coefficient (Wildman–Crippen LogP) is 4.28. The molecule has 1 aromatic heterocycles. The Morgan fingerprint density at radius 2 is 2.04 bits per heavy atom. The van der Waals surface area contributed by atoms with Crippen LogP contribution in [0.15, 0.2) is 36.4 Å². The lowest BCUT2D eigenvalue weighted by Crippen LogP contribution is -2.29. The van der Waals surface area contributed by atoms with E-state index >= 15 is 0 Å². The highest BCUT2D eigenvalue weighted by Crippen LogP contribution is 2.26. The molecule has 128 valence electrons. The van der Waals surface area contributed by atoms with Crippen LogP contribution in [0.1, 0.15) is 20.3 Å². The van der Waals surface area contributed by atoms with Crippen molar-refractivity contribution in [3.05, 3.63) is 47.0 Å². The summed E-state index contributed by atoms with van der Waals surface area (Å²) in [6.07, 6.45) is -2.21. The summed E-state index contributed by atoms with van der Waals surface area (Å²) in [7, 11) is 0. The average molecular weight is 357 g/mol. The Kier molecular flexibility index (Phi) is 5.72. The van der Waals surface area contributed by atoms with Crippen LogP contribution in [0.5, 0.6) is 5.75 Å². The maximum Gasteiger partial charge on any atom is 0.573 e. The van der Waals surface area contributed by atoms with Gasteiger partial charge in [-0.05, 0) is 42.8 Å². The van der Waals surface area contributed by atoms with E-state index in [1.165, 1.54) is 18.2 Å². The summed E-state index contributed by atoms with van der Waals surface area (Å²) in [6, 6.07) is 9.14. The molecule has 0 amide bonds. The minimum absolute atomic E-state index is 0.301. The molecule has 0 spiro atoms. The Balaban J connectivity index is 2.34. The lowest BCUT2D eigenvalue weighted by atomic mass is 10.2. The minimum atomic E-state index is -4.73. The fourth-order valence-corrected chi connectivity index (χ4v) is 2.23. The van der Waals surface area contributed by atoms with Gasteiger partial charge >= 0.3 is 6.36 Å². The van der Waals surface area contributed by atoms with Gasteiger partial charge in [-0.15, -0.1) is 13.2 Å². The molecular formula is C17H16ClF3N2O. The molecule has 0 aliphatic heterocycles. The second kappa shape index (κ2) is 7.57. The van der Waals surface area contributed by atoms with Crippen LogP contribution < -0.4 is 20.6 Å². The molecule has 0 saturated carbocycles. The first-order chi connectivity index (χ1) is 11.3. The summed E-state index contributed by atoms with van der Waals surface area (Å²) in [6.45, 7) is 3.80. The molecule has 0 atom stereocenters. The summed E-state index contributed by atoms with van der Waals surface area (Å²) in [5, 5.41) is 5.11. The van der Waals surface area contributed by atoms with E-state index in [1.807, 2.05) is 26.0 Å². The number of ether oxygens (including phenoxy) is 1. The first-order valence-corrected chi connectivity index (χ1v) is 7.65. The maximum atomic E-state index is 12.3. The van der Waals surface area contributed by atoms with E-state index in [1.54, 1.807) is 12.1 Å². The van der Waals surface area contributed by atoms with Crippen molar-refractivity contribution < 1.29 is 17.9 Å². The fourth-order valence-electron chi connectivity index (χ4n) is 2.08. The van der Waals surface area contributed by atoms with Crippen molar-refractivity contribution in [2.45, 2.75) is 26.6 Å². The van der Waals surface area contributed by atoms with E-state index < -0.39 is 6.36 Å². The first-order valence-electron chi connectivity index (χ1n) is 7.27. The van der Waals surface area contributed by atoms with E-state index in [0.717, 1.165) is 5.22 Å². The number of benzene rings is 1. The standard InChI is InChI=1S/C17H16ClF3N2O/c1-3-11-8-9-15(23-16(11)14(18)4-2)22-12-6-5-7-13(10-12)24-17(19,20)21/h3,5-10H,4H2,1-2H3,(H,22,23)/b11-3-,16-14-. The SMILES string of the molecule is C/C=c1/ccc(Nc2cccc(OC(F)(F)F)c2)n/c1=C(\Cl)CC. The van der Waals surface area contributed by atoms with Crippen molar-refractivity contribution in [2.24, 2.45) is 0 Å². The van der Waals surface area contributed by atoms with Gasteiger partial charge in [-0.3, -0.25) is 0 Å². The Hall–Kier alpha value is -2.21. The van der Waals surface area contributed by atoms with E-state index in [9.17, 15) is 13.2 Å². The quantitative estimate of drug-likeness (QED) is 0.887. The number of halogens is 4. The van der Waals surface area contributed by atoms with Gasteiger partial charge in [0.05, 0.1) is 5.35 Å². The molecule has 1 heterocycles. The molecule has 0 radical (unpaired) electrons. The lowest BCUT2D eigenvalue weighted by molar-refractivity contribution is -0.274. The van der Waals surface area contributed by atoms with Crippen LogP contribution in [0.2, 0.25) is 0 Å². The Morgan fingerprint density at radius 1 is 1.29 bits per heavy atom. The molecule has 0 bridgehead atoms. The number of hydrogen-bond donors (Lipinski definition) is 1. The summed E-state index contributed by atoms with van der Waals surface area (Å²) in [5.41, 5.74) is 0.427. The molecule has 0 unspecified atom stereocenters. The van der Waals surface area contributed by atoms with Crippen molar-refractivity contribution >= 4 is 34.2 Å². The van der Waals surface area contributed by atoms with Crippen molar-refractivity contribution in [2.75, 3.05) is 5.32 Å². The van der Waals surface area contributed by atoms with Gasteiger partial charge in [0.2, 0.25) is 0 Å². The summed E-state index contributed by atoms with van der Waals surface area (Å²) in [4.78, 5) is 4.44. The Bertz CT molecular complexity index is 834. The van der Waals surface area contributed by atoms with E-state index in [0.29, 0.717) is 28.3 Å². The van der Waals surface area contributed by atoms with Gasteiger partial charge in [-0.2, -0.15) is 0 Å². The van der Waals surface area contributed by atoms with Gasteiger partial charge in [0.25, 0.3) is 0 Å². The third-order valence-corrected chi connectivity index (χ3v) is 3.59. The minimum Gasteiger partial charge on any atom is -0.406 e. The molecule has 2 aromatic rings. The van der Waals surface area contributed by atoms with Crippen molar-refractivity contribution in [3.63, 3.8) is 0 Å². The molecule has 2 rings (SSSR count). The first kappa shape index (κ1) is 18.1. The molecule has 3 nitrogen and oxygen atoms in total. The summed E-state index contributed by atoms with van der Waals surface area (Å²) < 4.78 is 40.8. The Labute approximate surface area is 142 Å². The Morgan fingerprint density at radius 3 is 2.67 bits per heavy atom. The molecule has 1 N–H and O–H groups in total. The number of aromatic nitrogens is 1. The molecule has 1 aromatic carbocycles. The number of rotatable bonds is 4. The molecule has 0 aliphatic carbocycles. The van der Waals surface area contributed by atoms with E-state index in [-0.39, 0.29) is 5.75 Å².